The predicted molar refractivity (Wildman–Crippen MR) is 160 cm³/mol. The lowest BCUT2D eigenvalue weighted by Gasteiger charge is -2.39. The number of aromatic nitrogens is 1. The Morgan fingerprint density at radius 1 is 0.951 bits per heavy atom. The summed E-state index contributed by atoms with van der Waals surface area (Å²) in [7, 11) is 1.61. The second kappa shape index (κ2) is 13.6. The van der Waals surface area contributed by atoms with E-state index >= 15 is 0 Å². The Bertz CT molecular complexity index is 1280. The molecule has 2 aromatic rings. The molecule has 0 bridgehead atoms. The SMILES string of the molecule is CCOC(=O)c1cn2c(cc1=O)-c1cc(OC)c(OCCCCCCCC(=O)OC(C)(C)C)cc1CC2C(C)(C)C. The number of rotatable bonds is 12. The van der Waals surface area contributed by atoms with Gasteiger partial charge in [-0.3, -0.25) is 9.59 Å². The highest BCUT2D eigenvalue weighted by atomic mass is 16.6. The highest BCUT2D eigenvalue weighted by Crippen LogP contribution is 2.45. The van der Waals surface area contributed by atoms with Crippen LogP contribution in [0.5, 0.6) is 11.5 Å². The molecule has 0 spiro atoms. The molecule has 0 fully saturated rings. The molecular formula is C33H47NO7. The van der Waals surface area contributed by atoms with Crippen LogP contribution in [0.3, 0.4) is 0 Å². The molecule has 226 valence electrons. The molecule has 0 radical (unpaired) electrons. The van der Waals surface area contributed by atoms with Gasteiger partial charge in [-0.2, -0.15) is 0 Å². The molecule has 3 rings (SSSR count). The topological polar surface area (TPSA) is 93.1 Å². The molecule has 0 aliphatic carbocycles. The fourth-order valence-corrected chi connectivity index (χ4v) is 5.17. The van der Waals surface area contributed by atoms with Crippen LogP contribution in [0.4, 0.5) is 0 Å². The smallest absolute Gasteiger partial charge is 0.343 e. The third-order valence-electron chi connectivity index (χ3n) is 7.19. The Morgan fingerprint density at radius 2 is 1.63 bits per heavy atom. The lowest BCUT2D eigenvalue weighted by Crippen LogP contribution is -2.33. The van der Waals surface area contributed by atoms with E-state index in [4.69, 9.17) is 18.9 Å². The van der Waals surface area contributed by atoms with Crippen molar-refractivity contribution in [2.24, 2.45) is 5.41 Å². The summed E-state index contributed by atoms with van der Waals surface area (Å²) in [5.74, 6) is 0.545. The van der Waals surface area contributed by atoms with Gasteiger partial charge in [0.1, 0.15) is 11.2 Å². The van der Waals surface area contributed by atoms with E-state index in [2.05, 4.69) is 20.8 Å². The fraction of sp³-hybridized carbons (Fsp3) is 0.606. The zero-order valence-electron chi connectivity index (χ0n) is 26.1. The normalized spacial score (nSPS) is 14.6. The van der Waals surface area contributed by atoms with Crippen molar-refractivity contribution in [1.29, 1.82) is 0 Å². The van der Waals surface area contributed by atoms with E-state index in [-0.39, 0.29) is 35.0 Å². The van der Waals surface area contributed by atoms with Crippen LogP contribution >= 0.6 is 0 Å². The fourth-order valence-electron chi connectivity index (χ4n) is 5.17. The minimum absolute atomic E-state index is 0.0145. The molecule has 0 amide bonds. The zero-order chi connectivity index (χ0) is 30.4. The Labute approximate surface area is 244 Å². The minimum atomic E-state index is -0.601. The van der Waals surface area contributed by atoms with Gasteiger partial charge in [-0.05, 0) is 70.1 Å². The standard InChI is InChI=1S/C33H47NO7/c1-9-39-31(37)24-21-34-25(20-26(24)35)23-19-27(38-8)28(17-22(23)18-29(34)32(2,3)4)40-16-14-12-10-11-13-15-30(36)41-33(5,6)7/h17,19-21,29H,9-16,18H2,1-8H3. The van der Waals surface area contributed by atoms with Crippen molar-refractivity contribution in [3.63, 3.8) is 0 Å². The van der Waals surface area contributed by atoms with Crippen molar-refractivity contribution in [3.8, 4) is 22.8 Å². The van der Waals surface area contributed by atoms with Crippen LogP contribution in [0.1, 0.15) is 109 Å². The Morgan fingerprint density at radius 3 is 2.27 bits per heavy atom. The van der Waals surface area contributed by atoms with Gasteiger partial charge in [0.05, 0.1) is 26.0 Å². The zero-order valence-corrected chi connectivity index (χ0v) is 26.1. The van der Waals surface area contributed by atoms with Crippen LogP contribution in [-0.2, 0) is 20.7 Å². The molecule has 1 aromatic heterocycles. The van der Waals surface area contributed by atoms with Gasteiger partial charge in [0.15, 0.2) is 16.9 Å². The number of carbonyl (C=O) groups excluding carboxylic acids is 2. The first kappa shape index (κ1) is 32.2. The van der Waals surface area contributed by atoms with Crippen molar-refractivity contribution in [3.05, 3.63) is 45.7 Å². The summed E-state index contributed by atoms with van der Waals surface area (Å²) < 4.78 is 24.4. The van der Waals surface area contributed by atoms with Gasteiger partial charge in [-0.15, -0.1) is 0 Å². The van der Waals surface area contributed by atoms with Gasteiger partial charge in [0.2, 0.25) is 0 Å². The van der Waals surface area contributed by atoms with Gasteiger partial charge in [0.25, 0.3) is 0 Å². The van der Waals surface area contributed by atoms with E-state index in [1.807, 2.05) is 37.5 Å². The largest absolute Gasteiger partial charge is 0.493 e. The number of unbranched alkanes of at least 4 members (excludes halogenated alkanes) is 4. The van der Waals surface area contributed by atoms with Crippen LogP contribution in [0.2, 0.25) is 0 Å². The number of methoxy groups -OCH3 is 1. The summed E-state index contributed by atoms with van der Waals surface area (Å²) in [5.41, 5.74) is 1.83. The Balaban J connectivity index is 1.70. The average molecular weight is 570 g/mol. The summed E-state index contributed by atoms with van der Waals surface area (Å²) in [4.78, 5) is 37.3. The third kappa shape index (κ3) is 8.60. The predicted octanol–water partition coefficient (Wildman–Crippen LogP) is 6.91. The quantitative estimate of drug-likeness (QED) is 0.203. The van der Waals surface area contributed by atoms with Crippen molar-refractivity contribution in [2.45, 2.75) is 105 Å². The lowest BCUT2D eigenvalue weighted by atomic mass is 9.78. The molecule has 0 N–H and O–H groups in total. The number of ether oxygens (including phenoxy) is 4. The Hall–Kier alpha value is -3.29. The number of benzene rings is 1. The monoisotopic (exact) mass is 569 g/mol. The van der Waals surface area contributed by atoms with Crippen LogP contribution in [-0.4, -0.2) is 42.4 Å². The molecule has 1 aliphatic heterocycles. The van der Waals surface area contributed by atoms with Gasteiger partial charge < -0.3 is 23.5 Å². The minimum Gasteiger partial charge on any atom is -0.493 e. The second-order valence-corrected chi connectivity index (χ2v) is 12.8. The molecule has 8 nitrogen and oxygen atoms in total. The number of hydrogen-bond donors (Lipinski definition) is 0. The van der Waals surface area contributed by atoms with E-state index in [9.17, 15) is 14.4 Å². The van der Waals surface area contributed by atoms with E-state index in [0.29, 0.717) is 24.5 Å². The first-order chi connectivity index (χ1) is 19.2. The average Bonchev–Trinajstić information content (AvgIpc) is 2.87. The molecule has 0 saturated carbocycles. The van der Waals surface area contributed by atoms with Crippen LogP contribution < -0.4 is 14.9 Å². The first-order valence-electron chi connectivity index (χ1n) is 14.7. The molecular weight excluding hydrogens is 522 g/mol. The first-order valence-corrected chi connectivity index (χ1v) is 14.7. The van der Waals surface area contributed by atoms with Crippen LogP contribution in [0.15, 0.2) is 29.2 Å². The van der Waals surface area contributed by atoms with Crippen molar-refractivity contribution >= 4 is 11.9 Å². The maximum absolute atomic E-state index is 13.0. The van der Waals surface area contributed by atoms with E-state index < -0.39 is 11.6 Å². The van der Waals surface area contributed by atoms with Crippen molar-refractivity contribution in [2.75, 3.05) is 20.3 Å². The third-order valence-corrected chi connectivity index (χ3v) is 7.19. The highest BCUT2D eigenvalue weighted by Gasteiger charge is 2.34. The van der Waals surface area contributed by atoms with Crippen molar-refractivity contribution < 1.29 is 28.5 Å². The van der Waals surface area contributed by atoms with Crippen LogP contribution in [0, 0.1) is 5.41 Å². The van der Waals surface area contributed by atoms with Gasteiger partial charge in [-0.25, -0.2) is 4.79 Å². The molecule has 41 heavy (non-hydrogen) atoms. The molecule has 8 heteroatoms. The molecule has 1 aliphatic rings. The van der Waals surface area contributed by atoms with E-state index in [0.717, 1.165) is 55.3 Å². The summed E-state index contributed by atoms with van der Waals surface area (Å²) in [6.07, 6.45) is 7.56. The second-order valence-electron chi connectivity index (χ2n) is 12.8. The molecule has 1 aromatic carbocycles. The van der Waals surface area contributed by atoms with Crippen molar-refractivity contribution in [1.82, 2.24) is 4.57 Å². The number of hydrogen-bond acceptors (Lipinski definition) is 7. The maximum atomic E-state index is 13.0. The molecule has 2 heterocycles. The molecule has 0 saturated heterocycles. The lowest BCUT2D eigenvalue weighted by molar-refractivity contribution is -0.154. The summed E-state index contributed by atoms with van der Waals surface area (Å²) in [6, 6.07) is 5.50. The summed E-state index contributed by atoms with van der Waals surface area (Å²) >= 11 is 0. The van der Waals surface area contributed by atoms with Gasteiger partial charge in [0, 0.05) is 30.3 Å². The number of carbonyl (C=O) groups is 2. The number of nitrogens with zero attached hydrogens (tertiary/aromatic N) is 1. The van der Waals surface area contributed by atoms with E-state index in [1.165, 1.54) is 6.07 Å². The summed E-state index contributed by atoms with van der Waals surface area (Å²) in [6.45, 7) is 14.6. The highest BCUT2D eigenvalue weighted by molar-refractivity contribution is 5.89. The summed E-state index contributed by atoms with van der Waals surface area (Å²) in [5, 5.41) is 0. The molecule has 1 atom stereocenters. The number of pyridine rings is 1. The number of fused-ring (bicyclic) bond motifs is 3. The maximum Gasteiger partial charge on any atom is 0.343 e. The van der Waals surface area contributed by atoms with E-state index in [1.54, 1.807) is 20.2 Å². The van der Waals surface area contributed by atoms with Gasteiger partial charge >= 0.3 is 11.9 Å². The van der Waals surface area contributed by atoms with Gasteiger partial charge in [-0.1, -0.05) is 40.0 Å². The molecule has 1 unspecified atom stereocenters. The number of esters is 2. The Kier molecular flexibility index (Phi) is 10.7. The van der Waals surface area contributed by atoms with Crippen LogP contribution in [0.25, 0.3) is 11.3 Å².